The second-order valence-corrected chi connectivity index (χ2v) is 7.78. The summed E-state index contributed by atoms with van der Waals surface area (Å²) < 4.78 is 0. The van der Waals surface area contributed by atoms with Crippen molar-refractivity contribution in [3.63, 3.8) is 0 Å². The number of aromatic nitrogens is 2. The van der Waals surface area contributed by atoms with E-state index < -0.39 is 0 Å². The molecule has 3 rings (SSSR count). The van der Waals surface area contributed by atoms with Gasteiger partial charge in [0.1, 0.15) is 5.01 Å². The van der Waals surface area contributed by atoms with Gasteiger partial charge in [0.15, 0.2) is 0 Å². The third kappa shape index (κ3) is 4.59. The summed E-state index contributed by atoms with van der Waals surface area (Å²) in [6.45, 7) is 3.47. The lowest BCUT2D eigenvalue weighted by molar-refractivity contribution is -0.132. The number of amides is 2. The molecule has 1 aromatic carbocycles. The summed E-state index contributed by atoms with van der Waals surface area (Å²) in [5.74, 6) is 0.0427. The lowest BCUT2D eigenvalue weighted by atomic mass is 9.98. The minimum Gasteiger partial charge on any atom is -0.342 e. The molecule has 1 aliphatic heterocycles. The van der Waals surface area contributed by atoms with Gasteiger partial charge in [0, 0.05) is 36.1 Å². The zero-order valence-corrected chi connectivity index (χ0v) is 16.1. The van der Waals surface area contributed by atoms with Crippen LogP contribution < -0.4 is 5.32 Å². The summed E-state index contributed by atoms with van der Waals surface area (Å²) in [7, 11) is 0. The number of likely N-dealkylation sites (tertiary alicyclic amines) is 1. The van der Waals surface area contributed by atoms with Crippen molar-refractivity contribution in [1.29, 1.82) is 0 Å². The fraction of sp³-hybridized carbons (Fsp3) is 0.444. The molecule has 8 heteroatoms. The highest BCUT2D eigenvalue weighted by Crippen LogP contribution is 2.29. The van der Waals surface area contributed by atoms with Crippen molar-refractivity contribution in [2.24, 2.45) is 0 Å². The highest BCUT2D eigenvalue weighted by atomic mass is 35.5. The molecule has 2 heterocycles. The minimum absolute atomic E-state index is 0.148. The Morgan fingerprint density at radius 2 is 2.23 bits per heavy atom. The Bertz CT molecular complexity index is 795. The van der Waals surface area contributed by atoms with E-state index in [0.717, 1.165) is 30.8 Å². The van der Waals surface area contributed by atoms with Crippen LogP contribution >= 0.6 is 22.9 Å². The Morgan fingerprint density at radius 3 is 3.00 bits per heavy atom. The average Bonchev–Trinajstić information content (AvgIpc) is 3.12. The van der Waals surface area contributed by atoms with Gasteiger partial charge in [0.25, 0.3) is 5.91 Å². The van der Waals surface area contributed by atoms with Crippen LogP contribution in [-0.2, 0) is 4.79 Å². The predicted molar refractivity (Wildman–Crippen MR) is 103 cm³/mol. The van der Waals surface area contributed by atoms with Crippen LogP contribution in [0.5, 0.6) is 0 Å². The summed E-state index contributed by atoms with van der Waals surface area (Å²) in [5, 5.41) is 12.7. The summed E-state index contributed by atoms with van der Waals surface area (Å²) in [4.78, 5) is 26.4. The molecular weight excluding hydrogens is 372 g/mol. The molecule has 6 nitrogen and oxygen atoms in total. The number of nitrogens with zero attached hydrogens (tertiary/aromatic N) is 3. The summed E-state index contributed by atoms with van der Waals surface area (Å²) in [6.07, 6.45) is 3.34. The Labute approximate surface area is 161 Å². The molecule has 0 radical (unpaired) electrons. The van der Waals surface area contributed by atoms with Crippen LogP contribution in [-0.4, -0.2) is 40.0 Å². The predicted octanol–water partition coefficient (Wildman–Crippen LogP) is 3.95. The molecule has 0 aliphatic carbocycles. The van der Waals surface area contributed by atoms with Gasteiger partial charge in [-0.25, -0.2) is 0 Å². The number of halogens is 1. The van der Waals surface area contributed by atoms with Crippen LogP contribution in [0, 0.1) is 0 Å². The van der Waals surface area contributed by atoms with E-state index in [0.29, 0.717) is 28.7 Å². The first-order valence-electron chi connectivity index (χ1n) is 8.75. The van der Waals surface area contributed by atoms with Gasteiger partial charge in [-0.3, -0.25) is 9.59 Å². The first-order valence-corrected chi connectivity index (χ1v) is 9.94. The molecule has 1 saturated heterocycles. The summed E-state index contributed by atoms with van der Waals surface area (Å²) in [6, 6.07) is 6.96. The molecule has 26 heavy (non-hydrogen) atoms. The van der Waals surface area contributed by atoms with E-state index in [4.69, 9.17) is 11.6 Å². The van der Waals surface area contributed by atoms with Crippen molar-refractivity contribution in [3.05, 3.63) is 39.3 Å². The number of piperidine rings is 1. The molecular formula is C18H21ClN4O2S. The number of hydrogen-bond acceptors (Lipinski definition) is 5. The van der Waals surface area contributed by atoms with Gasteiger partial charge in [-0.05, 0) is 37.5 Å². The maximum absolute atomic E-state index is 12.4. The molecule has 138 valence electrons. The van der Waals surface area contributed by atoms with Crippen LogP contribution in [0.3, 0.4) is 0 Å². The first-order chi connectivity index (χ1) is 12.6. The quantitative estimate of drug-likeness (QED) is 0.835. The van der Waals surface area contributed by atoms with Crippen LogP contribution in [0.1, 0.15) is 53.3 Å². The fourth-order valence-electron chi connectivity index (χ4n) is 3.02. The summed E-state index contributed by atoms with van der Waals surface area (Å²) in [5.41, 5.74) is 0.619. The van der Waals surface area contributed by atoms with Gasteiger partial charge in [-0.1, -0.05) is 35.9 Å². The maximum atomic E-state index is 12.4. The third-order valence-corrected chi connectivity index (χ3v) is 5.62. The van der Waals surface area contributed by atoms with Gasteiger partial charge in [0.2, 0.25) is 10.9 Å². The molecule has 0 spiro atoms. The van der Waals surface area contributed by atoms with Crippen molar-refractivity contribution in [3.8, 4) is 0 Å². The van der Waals surface area contributed by atoms with E-state index in [1.807, 2.05) is 11.8 Å². The summed E-state index contributed by atoms with van der Waals surface area (Å²) >= 11 is 7.23. The second kappa shape index (κ2) is 8.60. The number of hydrogen-bond donors (Lipinski definition) is 1. The molecule has 1 atom stereocenters. The zero-order chi connectivity index (χ0) is 18.5. The van der Waals surface area contributed by atoms with Gasteiger partial charge in [0.05, 0.1) is 0 Å². The average molecular weight is 393 g/mol. The first kappa shape index (κ1) is 18.8. The molecule has 0 unspecified atom stereocenters. The van der Waals surface area contributed by atoms with Crippen molar-refractivity contribution in [1.82, 2.24) is 15.1 Å². The Morgan fingerprint density at radius 1 is 1.38 bits per heavy atom. The van der Waals surface area contributed by atoms with E-state index >= 15 is 0 Å². The maximum Gasteiger partial charge on any atom is 0.286 e. The lowest BCUT2D eigenvalue weighted by Crippen LogP contribution is -2.38. The molecule has 2 aromatic rings. The minimum atomic E-state index is -0.300. The van der Waals surface area contributed by atoms with E-state index in [1.54, 1.807) is 24.3 Å². The standard InChI is InChI=1S/C18H21ClN4O2S/c1-2-5-15(24)23-9-4-6-12(11-23)17-21-22-18(26-17)16(25)20-14-8-3-7-13(19)10-14/h3,7-8,10,12H,2,4-6,9,11H2,1H3,(H,20,25)/t12-/m0/s1. The fourth-order valence-corrected chi connectivity index (χ4v) is 4.07. The van der Waals surface area contributed by atoms with Crippen molar-refractivity contribution in [2.75, 3.05) is 18.4 Å². The number of carbonyl (C=O) groups excluding carboxylic acids is 2. The number of carbonyl (C=O) groups is 2. The number of nitrogens with one attached hydrogen (secondary N) is 1. The number of rotatable bonds is 5. The second-order valence-electron chi connectivity index (χ2n) is 6.34. The monoisotopic (exact) mass is 392 g/mol. The van der Waals surface area contributed by atoms with Gasteiger partial charge >= 0.3 is 0 Å². The van der Waals surface area contributed by atoms with Crippen molar-refractivity contribution >= 4 is 40.4 Å². The molecule has 1 aromatic heterocycles. The molecule has 0 saturated carbocycles. The molecule has 0 bridgehead atoms. The van der Waals surface area contributed by atoms with Crippen LogP contribution in [0.2, 0.25) is 5.02 Å². The van der Waals surface area contributed by atoms with E-state index in [2.05, 4.69) is 15.5 Å². The van der Waals surface area contributed by atoms with Crippen LogP contribution in [0.25, 0.3) is 0 Å². The molecule has 1 aliphatic rings. The largest absolute Gasteiger partial charge is 0.342 e. The molecule has 1 N–H and O–H groups in total. The molecule has 2 amide bonds. The van der Waals surface area contributed by atoms with Gasteiger partial charge < -0.3 is 10.2 Å². The van der Waals surface area contributed by atoms with E-state index in [-0.39, 0.29) is 17.7 Å². The smallest absolute Gasteiger partial charge is 0.286 e. The molecule has 1 fully saturated rings. The zero-order valence-electron chi connectivity index (χ0n) is 14.6. The van der Waals surface area contributed by atoms with Crippen molar-refractivity contribution in [2.45, 2.75) is 38.5 Å². The Hall–Kier alpha value is -1.99. The highest BCUT2D eigenvalue weighted by molar-refractivity contribution is 7.13. The highest BCUT2D eigenvalue weighted by Gasteiger charge is 2.27. The SMILES string of the molecule is CCCC(=O)N1CCC[C@H](c2nnc(C(=O)Nc3cccc(Cl)c3)s2)C1. The van der Waals surface area contributed by atoms with E-state index in [1.165, 1.54) is 11.3 Å². The van der Waals surface area contributed by atoms with E-state index in [9.17, 15) is 9.59 Å². The normalized spacial score (nSPS) is 17.2. The Kier molecular flexibility index (Phi) is 6.21. The van der Waals surface area contributed by atoms with Crippen molar-refractivity contribution < 1.29 is 9.59 Å². The van der Waals surface area contributed by atoms with Crippen LogP contribution in [0.15, 0.2) is 24.3 Å². The topological polar surface area (TPSA) is 75.2 Å². The van der Waals surface area contributed by atoms with Gasteiger partial charge in [-0.2, -0.15) is 0 Å². The number of anilines is 1. The number of benzene rings is 1. The van der Waals surface area contributed by atoms with Gasteiger partial charge in [-0.15, -0.1) is 10.2 Å². The third-order valence-electron chi connectivity index (χ3n) is 4.30. The Balaban J connectivity index is 1.65. The lowest BCUT2D eigenvalue weighted by Gasteiger charge is -2.31. The van der Waals surface area contributed by atoms with Crippen LogP contribution in [0.4, 0.5) is 5.69 Å².